The van der Waals surface area contributed by atoms with E-state index in [9.17, 15) is 0 Å². The second kappa shape index (κ2) is 4.10. The van der Waals surface area contributed by atoms with E-state index in [0.717, 1.165) is 5.56 Å². The molecule has 0 aromatic heterocycles. The molecule has 0 fully saturated rings. The summed E-state index contributed by atoms with van der Waals surface area (Å²) in [6.07, 6.45) is 0. The molecular weight excluding hydrogens is 195 g/mol. The Bertz CT molecular complexity index is 276. The van der Waals surface area contributed by atoms with Gasteiger partial charge in [0, 0.05) is 16.1 Å². The lowest BCUT2D eigenvalue weighted by Gasteiger charge is -2.11. The Morgan fingerprint density at radius 3 is 2.67 bits per heavy atom. The molecule has 1 rings (SSSR count). The van der Waals surface area contributed by atoms with Crippen molar-refractivity contribution in [1.29, 1.82) is 0 Å². The summed E-state index contributed by atoms with van der Waals surface area (Å²) in [5.74, 6) is 5.27. The van der Waals surface area contributed by atoms with Crippen LogP contribution in [0, 0.1) is 0 Å². The van der Waals surface area contributed by atoms with Crippen LogP contribution < -0.4 is 11.3 Å². The van der Waals surface area contributed by atoms with Crippen LogP contribution in [-0.2, 0) is 0 Å². The predicted octanol–water partition coefficient (Wildman–Crippen LogP) is 2.52. The molecule has 0 radical (unpaired) electrons. The van der Waals surface area contributed by atoms with Gasteiger partial charge in [-0.05, 0) is 30.7 Å². The van der Waals surface area contributed by atoms with E-state index in [1.807, 2.05) is 6.92 Å². The smallest absolute Gasteiger partial charge is 0.0455 e. The van der Waals surface area contributed by atoms with Gasteiger partial charge in [0.25, 0.3) is 0 Å². The summed E-state index contributed by atoms with van der Waals surface area (Å²) in [6.45, 7) is 1.91. The van der Waals surface area contributed by atoms with Crippen molar-refractivity contribution in [3.63, 3.8) is 0 Å². The highest BCUT2D eigenvalue weighted by atomic mass is 35.5. The lowest BCUT2D eigenvalue weighted by Crippen LogP contribution is -2.25. The van der Waals surface area contributed by atoms with Crippen molar-refractivity contribution in [2.24, 2.45) is 5.84 Å². The number of hydrazine groups is 1. The molecule has 0 amide bonds. The van der Waals surface area contributed by atoms with E-state index in [4.69, 9.17) is 29.0 Å². The van der Waals surface area contributed by atoms with Crippen LogP contribution in [0.4, 0.5) is 0 Å². The molecule has 0 aliphatic heterocycles. The summed E-state index contributed by atoms with van der Waals surface area (Å²) in [4.78, 5) is 0. The molecule has 2 nitrogen and oxygen atoms in total. The third kappa shape index (κ3) is 2.11. The van der Waals surface area contributed by atoms with Crippen LogP contribution in [-0.4, -0.2) is 0 Å². The van der Waals surface area contributed by atoms with Gasteiger partial charge in [0.2, 0.25) is 0 Å². The van der Waals surface area contributed by atoms with Crippen molar-refractivity contribution >= 4 is 23.2 Å². The van der Waals surface area contributed by atoms with Gasteiger partial charge < -0.3 is 0 Å². The fraction of sp³-hybridized carbons (Fsp3) is 0.250. The van der Waals surface area contributed by atoms with Gasteiger partial charge in [0.1, 0.15) is 0 Å². The molecule has 0 aliphatic carbocycles. The van der Waals surface area contributed by atoms with Crippen LogP contribution in [0.3, 0.4) is 0 Å². The number of hydrogen-bond acceptors (Lipinski definition) is 2. The van der Waals surface area contributed by atoms with E-state index in [1.165, 1.54) is 0 Å². The molecule has 1 aromatic carbocycles. The van der Waals surface area contributed by atoms with E-state index < -0.39 is 0 Å². The maximum Gasteiger partial charge on any atom is 0.0455 e. The molecule has 0 saturated carbocycles. The quantitative estimate of drug-likeness (QED) is 0.575. The third-order valence-electron chi connectivity index (χ3n) is 1.67. The first-order valence-corrected chi connectivity index (χ1v) is 4.32. The van der Waals surface area contributed by atoms with Crippen LogP contribution in [0.25, 0.3) is 0 Å². The summed E-state index contributed by atoms with van der Waals surface area (Å²) in [6, 6.07) is 5.31. The molecule has 1 aromatic rings. The maximum absolute atomic E-state index is 5.92. The first kappa shape index (κ1) is 9.81. The summed E-state index contributed by atoms with van der Waals surface area (Å²) in [5, 5.41) is 1.33. The normalized spacial score (nSPS) is 13.0. The highest BCUT2D eigenvalue weighted by Crippen LogP contribution is 2.25. The second-order valence-corrected chi connectivity index (χ2v) is 3.40. The number of hydrogen-bond donors (Lipinski definition) is 2. The van der Waals surface area contributed by atoms with Crippen molar-refractivity contribution in [3.05, 3.63) is 33.8 Å². The summed E-state index contributed by atoms with van der Waals surface area (Å²) < 4.78 is 0. The minimum absolute atomic E-state index is 0.0104. The van der Waals surface area contributed by atoms with Crippen molar-refractivity contribution < 1.29 is 0 Å². The predicted molar refractivity (Wildman–Crippen MR) is 52.2 cm³/mol. The van der Waals surface area contributed by atoms with E-state index in [2.05, 4.69) is 5.43 Å². The molecule has 4 heteroatoms. The van der Waals surface area contributed by atoms with Crippen LogP contribution in [0.2, 0.25) is 10.0 Å². The monoisotopic (exact) mass is 204 g/mol. The standard InChI is InChI=1S/C8H10Cl2N2/c1-5(12-11)7-4-6(9)2-3-8(7)10/h2-5,12H,11H2,1H3/t5-/m0/s1. The van der Waals surface area contributed by atoms with Crippen LogP contribution in [0.5, 0.6) is 0 Å². The Morgan fingerprint density at radius 2 is 2.08 bits per heavy atom. The molecule has 0 heterocycles. The van der Waals surface area contributed by atoms with E-state index in [0.29, 0.717) is 10.0 Å². The SMILES string of the molecule is C[C@H](NN)c1cc(Cl)ccc1Cl. The van der Waals surface area contributed by atoms with Gasteiger partial charge in [-0.2, -0.15) is 0 Å². The summed E-state index contributed by atoms with van der Waals surface area (Å²) >= 11 is 11.7. The molecule has 0 unspecified atom stereocenters. The number of benzene rings is 1. The van der Waals surface area contributed by atoms with Gasteiger partial charge in [-0.3, -0.25) is 11.3 Å². The minimum Gasteiger partial charge on any atom is -0.271 e. The zero-order valence-corrected chi connectivity index (χ0v) is 8.15. The zero-order chi connectivity index (χ0) is 9.14. The van der Waals surface area contributed by atoms with Crippen LogP contribution in [0.1, 0.15) is 18.5 Å². The molecule has 0 aliphatic rings. The molecule has 1 atom stereocenters. The van der Waals surface area contributed by atoms with E-state index >= 15 is 0 Å². The molecule has 0 bridgehead atoms. The van der Waals surface area contributed by atoms with Gasteiger partial charge in [-0.1, -0.05) is 23.2 Å². The average Bonchev–Trinajstić information content (AvgIpc) is 2.08. The average molecular weight is 205 g/mol. The van der Waals surface area contributed by atoms with E-state index in [1.54, 1.807) is 18.2 Å². The molecule has 0 saturated heterocycles. The Hall–Kier alpha value is -0.280. The molecule has 12 heavy (non-hydrogen) atoms. The van der Waals surface area contributed by atoms with Crippen molar-refractivity contribution in [2.75, 3.05) is 0 Å². The lowest BCUT2D eigenvalue weighted by atomic mass is 10.1. The van der Waals surface area contributed by atoms with Gasteiger partial charge in [0.05, 0.1) is 0 Å². The summed E-state index contributed by atoms with van der Waals surface area (Å²) in [5.41, 5.74) is 3.52. The van der Waals surface area contributed by atoms with Crippen molar-refractivity contribution in [1.82, 2.24) is 5.43 Å². The molecule has 0 spiro atoms. The number of nitrogens with one attached hydrogen (secondary N) is 1. The van der Waals surface area contributed by atoms with Crippen LogP contribution in [0.15, 0.2) is 18.2 Å². The Kier molecular flexibility index (Phi) is 3.35. The fourth-order valence-corrected chi connectivity index (χ4v) is 1.40. The van der Waals surface area contributed by atoms with Gasteiger partial charge in [-0.25, -0.2) is 0 Å². The summed E-state index contributed by atoms with van der Waals surface area (Å²) in [7, 11) is 0. The van der Waals surface area contributed by atoms with E-state index in [-0.39, 0.29) is 6.04 Å². The van der Waals surface area contributed by atoms with Gasteiger partial charge in [0.15, 0.2) is 0 Å². The maximum atomic E-state index is 5.92. The second-order valence-electron chi connectivity index (χ2n) is 2.55. The Labute approximate surface area is 81.6 Å². The molecular formula is C8H10Cl2N2. The molecule has 3 N–H and O–H groups in total. The molecule has 66 valence electrons. The highest BCUT2D eigenvalue weighted by molar-refractivity contribution is 6.33. The number of halogens is 2. The number of nitrogens with two attached hydrogens (primary N) is 1. The Morgan fingerprint density at radius 1 is 1.42 bits per heavy atom. The first-order chi connectivity index (χ1) is 5.65. The zero-order valence-electron chi connectivity index (χ0n) is 6.64. The first-order valence-electron chi connectivity index (χ1n) is 3.56. The number of rotatable bonds is 2. The van der Waals surface area contributed by atoms with Crippen molar-refractivity contribution in [3.8, 4) is 0 Å². The van der Waals surface area contributed by atoms with Gasteiger partial charge in [-0.15, -0.1) is 0 Å². The largest absolute Gasteiger partial charge is 0.271 e. The minimum atomic E-state index is 0.0104. The topological polar surface area (TPSA) is 38.0 Å². The third-order valence-corrected chi connectivity index (χ3v) is 2.25. The Balaban J connectivity index is 3.04. The van der Waals surface area contributed by atoms with Crippen molar-refractivity contribution in [2.45, 2.75) is 13.0 Å². The highest BCUT2D eigenvalue weighted by Gasteiger charge is 2.07. The van der Waals surface area contributed by atoms with Gasteiger partial charge >= 0.3 is 0 Å². The lowest BCUT2D eigenvalue weighted by molar-refractivity contribution is 0.603. The fourth-order valence-electron chi connectivity index (χ4n) is 0.936. The van der Waals surface area contributed by atoms with Crippen LogP contribution >= 0.6 is 23.2 Å².